The van der Waals surface area contributed by atoms with E-state index < -0.39 is 10.0 Å². The third-order valence-corrected chi connectivity index (χ3v) is 5.37. The van der Waals surface area contributed by atoms with Crippen LogP contribution in [0.3, 0.4) is 0 Å². The van der Waals surface area contributed by atoms with Gasteiger partial charge in [0.15, 0.2) is 0 Å². The molecule has 3 aromatic rings. The lowest BCUT2D eigenvalue weighted by Gasteiger charge is -2.20. The Labute approximate surface area is 157 Å². The molecule has 0 radical (unpaired) electrons. The van der Waals surface area contributed by atoms with Crippen molar-refractivity contribution in [2.75, 3.05) is 6.54 Å². The Bertz CT molecular complexity index is 899. The van der Waals surface area contributed by atoms with Crippen molar-refractivity contribution in [1.29, 1.82) is 0 Å². The summed E-state index contributed by atoms with van der Waals surface area (Å²) in [6.45, 7) is 0.554. The molecule has 0 aliphatic carbocycles. The number of benzene rings is 1. The van der Waals surface area contributed by atoms with Crippen LogP contribution in [0.15, 0.2) is 80.9 Å². The summed E-state index contributed by atoms with van der Waals surface area (Å²) in [6.07, 6.45) is 3.10. The SMILES string of the molecule is O=C(CCNS(=O)(=O)c1ccccc1)N(Cc1ccco1)Cc1ccco1. The van der Waals surface area contributed by atoms with E-state index in [0.717, 1.165) is 0 Å². The van der Waals surface area contributed by atoms with Crippen LogP contribution in [0.2, 0.25) is 0 Å². The molecular weight excluding hydrogens is 368 g/mol. The molecule has 0 saturated heterocycles. The predicted molar refractivity (Wildman–Crippen MR) is 97.9 cm³/mol. The second-order valence-electron chi connectivity index (χ2n) is 5.87. The van der Waals surface area contributed by atoms with Gasteiger partial charge in [0.05, 0.1) is 30.5 Å². The van der Waals surface area contributed by atoms with Crippen molar-refractivity contribution in [3.05, 3.63) is 78.6 Å². The second kappa shape index (κ2) is 8.70. The molecule has 0 atom stereocenters. The lowest BCUT2D eigenvalue weighted by atomic mass is 10.3. The van der Waals surface area contributed by atoms with Gasteiger partial charge < -0.3 is 13.7 Å². The molecule has 8 heteroatoms. The molecule has 1 amide bonds. The topological polar surface area (TPSA) is 92.8 Å². The largest absolute Gasteiger partial charge is 0.467 e. The monoisotopic (exact) mass is 388 g/mol. The van der Waals surface area contributed by atoms with Crippen LogP contribution in [0.4, 0.5) is 0 Å². The number of carbonyl (C=O) groups excluding carboxylic acids is 1. The smallest absolute Gasteiger partial charge is 0.240 e. The lowest BCUT2D eigenvalue weighted by molar-refractivity contribution is -0.132. The van der Waals surface area contributed by atoms with Crippen molar-refractivity contribution in [2.24, 2.45) is 0 Å². The van der Waals surface area contributed by atoms with Gasteiger partial charge >= 0.3 is 0 Å². The molecule has 0 spiro atoms. The number of rotatable bonds is 9. The highest BCUT2D eigenvalue weighted by atomic mass is 32.2. The maximum Gasteiger partial charge on any atom is 0.240 e. The van der Waals surface area contributed by atoms with E-state index in [0.29, 0.717) is 11.5 Å². The van der Waals surface area contributed by atoms with Crippen LogP contribution < -0.4 is 4.72 Å². The minimum atomic E-state index is -3.64. The standard InChI is InChI=1S/C19H20N2O5S/c22-19(10-11-20-27(23,24)18-8-2-1-3-9-18)21(14-16-6-4-12-25-16)15-17-7-5-13-26-17/h1-9,12-13,20H,10-11,14-15H2. The van der Waals surface area contributed by atoms with E-state index in [9.17, 15) is 13.2 Å². The lowest BCUT2D eigenvalue weighted by Crippen LogP contribution is -2.33. The molecule has 2 aromatic heterocycles. The summed E-state index contributed by atoms with van der Waals surface area (Å²) in [7, 11) is -3.64. The quantitative estimate of drug-likeness (QED) is 0.608. The number of sulfonamides is 1. The number of furan rings is 2. The Morgan fingerprint density at radius 3 is 2.00 bits per heavy atom. The van der Waals surface area contributed by atoms with Gasteiger partial charge in [-0.05, 0) is 36.4 Å². The fourth-order valence-corrected chi connectivity index (χ4v) is 3.60. The van der Waals surface area contributed by atoms with Crippen LogP contribution in [-0.4, -0.2) is 25.8 Å². The maximum absolute atomic E-state index is 12.6. The van der Waals surface area contributed by atoms with Crippen molar-refractivity contribution < 1.29 is 22.0 Å². The number of hydrogen-bond acceptors (Lipinski definition) is 5. The van der Waals surface area contributed by atoms with Crippen molar-refractivity contribution in [1.82, 2.24) is 9.62 Å². The molecule has 0 aliphatic rings. The minimum absolute atomic E-state index is 0.00285. The van der Waals surface area contributed by atoms with E-state index in [1.165, 1.54) is 12.1 Å². The highest BCUT2D eigenvalue weighted by Gasteiger charge is 2.19. The van der Waals surface area contributed by atoms with Gasteiger partial charge in [-0.3, -0.25) is 4.79 Å². The zero-order chi connectivity index (χ0) is 19.1. The fraction of sp³-hybridized carbons (Fsp3) is 0.211. The normalized spacial score (nSPS) is 11.4. The van der Waals surface area contributed by atoms with E-state index in [1.807, 2.05) is 0 Å². The number of nitrogens with one attached hydrogen (secondary N) is 1. The van der Waals surface area contributed by atoms with E-state index >= 15 is 0 Å². The summed E-state index contributed by atoms with van der Waals surface area (Å²) < 4.78 is 37.5. The molecule has 0 saturated carbocycles. The number of carbonyl (C=O) groups is 1. The van der Waals surface area contributed by atoms with Gasteiger partial charge in [-0.2, -0.15) is 0 Å². The first-order valence-electron chi connectivity index (χ1n) is 8.42. The van der Waals surface area contributed by atoms with Gasteiger partial charge in [0.1, 0.15) is 11.5 Å². The number of hydrogen-bond donors (Lipinski definition) is 1. The molecule has 142 valence electrons. The van der Waals surface area contributed by atoms with Gasteiger partial charge in [0.25, 0.3) is 0 Å². The van der Waals surface area contributed by atoms with Crippen molar-refractivity contribution >= 4 is 15.9 Å². The molecule has 2 heterocycles. The first-order chi connectivity index (χ1) is 13.0. The summed E-state index contributed by atoms with van der Waals surface area (Å²) in [6, 6.07) is 15.1. The van der Waals surface area contributed by atoms with E-state index in [-0.39, 0.29) is 36.9 Å². The van der Waals surface area contributed by atoms with Gasteiger partial charge in [0, 0.05) is 13.0 Å². The number of amides is 1. The Kier molecular flexibility index (Phi) is 6.10. The molecule has 0 fully saturated rings. The van der Waals surface area contributed by atoms with Crippen LogP contribution in [0, 0.1) is 0 Å². The summed E-state index contributed by atoms with van der Waals surface area (Å²) in [5.74, 6) is 1.07. The summed E-state index contributed by atoms with van der Waals surface area (Å²) in [4.78, 5) is 14.4. The van der Waals surface area contributed by atoms with Crippen molar-refractivity contribution in [3.8, 4) is 0 Å². The molecular formula is C19H20N2O5S. The highest BCUT2D eigenvalue weighted by Crippen LogP contribution is 2.13. The van der Waals surface area contributed by atoms with Crippen molar-refractivity contribution in [3.63, 3.8) is 0 Å². The fourth-order valence-electron chi connectivity index (χ4n) is 2.55. The Morgan fingerprint density at radius 2 is 1.48 bits per heavy atom. The molecule has 0 aliphatic heterocycles. The molecule has 3 rings (SSSR count). The number of nitrogens with zero attached hydrogens (tertiary/aromatic N) is 1. The van der Waals surface area contributed by atoms with Crippen LogP contribution in [0.1, 0.15) is 17.9 Å². The molecule has 1 aromatic carbocycles. The predicted octanol–water partition coefficient (Wildman–Crippen LogP) is 2.77. The first-order valence-corrected chi connectivity index (χ1v) is 9.90. The maximum atomic E-state index is 12.6. The van der Waals surface area contributed by atoms with E-state index in [2.05, 4.69) is 4.72 Å². The van der Waals surface area contributed by atoms with Crippen LogP contribution >= 0.6 is 0 Å². The second-order valence-corrected chi connectivity index (χ2v) is 7.64. The zero-order valence-electron chi connectivity index (χ0n) is 14.6. The van der Waals surface area contributed by atoms with Gasteiger partial charge in [-0.1, -0.05) is 18.2 Å². The van der Waals surface area contributed by atoms with E-state index in [4.69, 9.17) is 8.83 Å². The van der Waals surface area contributed by atoms with E-state index in [1.54, 1.807) is 59.9 Å². The summed E-state index contributed by atoms with van der Waals surface area (Å²) in [5, 5.41) is 0. The first kappa shape index (κ1) is 18.9. The molecule has 1 N–H and O–H groups in total. The van der Waals surface area contributed by atoms with Crippen molar-refractivity contribution in [2.45, 2.75) is 24.4 Å². The molecule has 27 heavy (non-hydrogen) atoms. The zero-order valence-corrected chi connectivity index (χ0v) is 15.4. The van der Waals surface area contributed by atoms with Gasteiger partial charge in [0.2, 0.25) is 15.9 Å². The van der Waals surface area contributed by atoms with Crippen LogP contribution in [-0.2, 0) is 27.9 Å². The third-order valence-electron chi connectivity index (χ3n) is 3.89. The third kappa shape index (κ3) is 5.32. The minimum Gasteiger partial charge on any atom is -0.467 e. The van der Waals surface area contributed by atoms with Gasteiger partial charge in [-0.25, -0.2) is 13.1 Å². The Morgan fingerprint density at radius 1 is 0.889 bits per heavy atom. The molecule has 0 unspecified atom stereocenters. The molecule has 7 nitrogen and oxygen atoms in total. The highest BCUT2D eigenvalue weighted by molar-refractivity contribution is 7.89. The van der Waals surface area contributed by atoms with Crippen LogP contribution in [0.5, 0.6) is 0 Å². The van der Waals surface area contributed by atoms with Crippen LogP contribution in [0.25, 0.3) is 0 Å². The Balaban J connectivity index is 1.60. The average Bonchev–Trinajstić information content (AvgIpc) is 3.36. The molecule has 0 bridgehead atoms. The summed E-state index contributed by atoms with van der Waals surface area (Å²) >= 11 is 0. The average molecular weight is 388 g/mol. The van der Waals surface area contributed by atoms with Gasteiger partial charge in [-0.15, -0.1) is 0 Å². The Hall–Kier alpha value is -2.84. The summed E-state index contributed by atoms with van der Waals surface area (Å²) in [5.41, 5.74) is 0.